The molecule has 0 amide bonds. The van der Waals surface area contributed by atoms with Gasteiger partial charge in [-0.15, -0.1) is 0 Å². The molecule has 100 valence electrons. The molecule has 0 aliphatic heterocycles. The second-order valence-corrected chi connectivity index (χ2v) is 3.84. The molecule has 0 aliphatic carbocycles. The standard InChI is InChI=1S/C13H13NO5/c1-17-7-8-5-9(18-2)3-4-10(8)11-6-12(13(15)16)19-14-11/h3-6H,7H2,1-2H3,(H,15,16). The first-order chi connectivity index (χ1) is 9.15. The molecule has 1 N–H and O–H groups in total. The lowest BCUT2D eigenvalue weighted by molar-refractivity contribution is 0.0652. The van der Waals surface area contributed by atoms with Crippen LogP contribution in [0.5, 0.6) is 5.75 Å². The third-order valence-electron chi connectivity index (χ3n) is 2.61. The fourth-order valence-corrected chi connectivity index (χ4v) is 1.72. The second kappa shape index (κ2) is 5.53. The van der Waals surface area contributed by atoms with E-state index in [0.29, 0.717) is 18.1 Å². The van der Waals surface area contributed by atoms with Crippen molar-refractivity contribution in [3.05, 3.63) is 35.6 Å². The predicted octanol–water partition coefficient (Wildman–Crippen LogP) is 2.19. The van der Waals surface area contributed by atoms with Crippen LogP contribution in [0.4, 0.5) is 0 Å². The fourth-order valence-electron chi connectivity index (χ4n) is 1.72. The number of ether oxygens (including phenoxy) is 2. The van der Waals surface area contributed by atoms with Gasteiger partial charge < -0.3 is 19.1 Å². The Labute approximate surface area is 109 Å². The van der Waals surface area contributed by atoms with Gasteiger partial charge in [-0.1, -0.05) is 5.16 Å². The number of carboxylic acids is 1. The van der Waals surface area contributed by atoms with Crippen molar-refractivity contribution in [1.29, 1.82) is 0 Å². The molecule has 0 fully saturated rings. The van der Waals surface area contributed by atoms with E-state index in [2.05, 4.69) is 5.16 Å². The molecule has 19 heavy (non-hydrogen) atoms. The summed E-state index contributed by atoms with van der Waals surface area (Å²) >= 11 is 0. The van der Waals surface area contributed by atoms with E-state index < -0.39 is 5.97 Å². The highest BCUT2D eigenvalue weighted by molar-refractivity contribution is 5.85. The molecule has 0 unspecified atom stereocenters. The topological polar surface area (TPSA) is 81.8 Å². The van der Waals surface area contributed by atoms with E-state index in [-0.39, 0.29) is 5.76 Å². The number of aromatic nitrogens is 1. The Morgan fingerprint density at radius 2 is 2.16 bits per heavy atom. The molecule has 0 atom stereocenters. The van der Waals surface area contributed by atoms with Gasteiger partial charge in [-0.25, -0.2) is 4.79 Å². The van der Waals surface area contributed by atoms with Crippen molar-refractivity contribution >= 4 is 5.97 Å². The zero-order chi connectivity index (χ0) is 13.8. The van der Waals surface area contributed by atoms with Crippen LogP contribution in [0.1, 0.15) is 16.1 Å². The number of carbonyl (C=O) groups is 1. The minimum absolute atomic E-state index is 0.200. The quantitative estimate of drug-likeness (QED) is 0.890. The average Bonchev–Trinajstić information content (AvgIpc) is 2.88. The normalized spacial score (nSPS) is 10.4. The van der Waals surface area contributed by atoms with E-state index in [4.69, 9.17) is 19.1 Å². The van der Waals surface area contributed by atoms with E-state index >= 15 is 0 Å². The third-order valence-corrected chi connectivity index (χ3v) is 2.61. The molecule has 0 aliphatic rings. The fraction of sp³-hybridized carbons (Fsp3) is 0.231. The molecule has 6 nitrogen and oxygen atoms in total. The summed E-state index contributed by atoms with van der Waals surface area (Å²) in [6.45, 7) is 0.363. The van der Waals surface area contributed by atoms with Crippen molar-refractivity contribution in [3.8, 4) is 17.0 Å². The Bertz CT molecular complexity index is 590. The highest BCUT2D eigenvalue weighted by Crippen LogP contribution is 2.27. The van der Waals surface area contributed by atoms with Gasteiger partial charge in [0.25, 0.3) is 0 Å². The van der Waals surface area contributed by atoms with Crippen LogP contribution in [0.25, 0.3) is 11.3 Å². The Kier molecular flexibility index (Phi) is 3.82. The van der Waals surface area contributed by atoms with Gasteiger partial charge in [0.05, 0.1) is 13.7 Å². The maximum absolute atomic E-state index is 10.8. The smallest absolute Gasteiger partial charge is 0.374 e. The SMILES string of the molecule is COCc1cc(OC)ccc1-c1cc(C(=O)O)on1. The number of hydrogen-bond acceptors (Lipinski definition) is 5. The van der Waals surface area contributed by atoms with Gasteiger partial charge in [0.15, 0.2) is 0 Å². The van der Waals surface area contributed by atoms with Crippen molar-refractivity contribution in [2.45, 2.75) is 6.61 Å². The van der Waals surface area contributed by atoms with Gasteiger partial charge in [-0.2, -0.15) is 0 Å². The summed E-state index contributed by atoms with van der Waals surface area (Å²) in [5, 5.41) is 12.6. The number of hydrogen-bond donors (Lipinski definition) is 1. The van der Waals surface area contributed by atoms with Gasteiger partial charge in [0.2, 0.25) is 5.76 Å². The summed E-state index contributed by atoms with van der Waals surface area (Å²) in [5.74, 6) is -0.660. The van der Waals surface area contributed by atoms with Gasteiger partial charge in [0.1, 0.15) is 11.4 Å². The summed E-state index contributed by atoms with van der Waals surface area (Å²) in [5.41, 5.74) is 2.04. The minimum Gasteiger partial charge on any atom is -0.497 e. The predicted molar refractivity (Wildman–Crippen MR) is 66.2 cm³/mol. The molecule has 1 heterocycles. The molecular weight excluding hydrogens is 250 g/mol. The van der Waals surface area contributed by atoms with Gasteiger partial charge in [-0.3, -0.25) is 0 Å². The molecule has 0 saturated heterocycles. The monoisotopic (exact) mass is 263 g/mol. The summed E-state index contributed by atoms with van der Waals surface area (Å²) in [6.07, 6.45) is 0. The maximum atomic E-state index is 10.8. The number of rotatable bonds is 5. The van der Waals surface area contributed by atoms with Crippen LogP contribution in [-0.4, -0.2) is 30.5 Å². The van der Waals surface area contributed by atoms with Gasteiger partial charge >= 0.3 is 5.97 Å². The molecule has 2 rings (SSSR count). The highest BCUT2D eigenvalue weighted by atomic mass is 16.5. The average molecular weight is 263 g/mol. The molecule has 1 aromatic heterocycles. The van der Waals surface area contributed by atoms with Crippen LogP contribution >= 0.6 is 0 Å². The molecule has 0 bridgehead atoms. The van der Waals surface area contributed by atoms with Crippen LogP contribution < -0.4 is 4.74 Å². The van der Waals surface area contributed by atoms with Crippen molar-refractivity contribution in [1.82, 2.24) is 5.16 Å². The number of benzene rings is 1. The molecule has 1 aromatic carbocycles. The van der Waals surface area contributed by atoms with E-state index in [1.165, 1.54) is 6.07 Å². The number of carboxylic acid groups (broad SMARTS) is 1. The molecule has 0 radical (unpaired) electrons. The second-order valence-electron chi connectivity index (χ2n) is 3.84. The van der Waals surface area contributed by atoms with Crippen molar-refractivity contribution in [2.24, 2.45) is 0 Å². The van der Waals surface area contributed by atoms with Crippen molar-refractivity contribution in [2.75, 3.05) is 14.2 Å². The van der Waals surface area contributed by atoms with Crippen LogP contribution in [0.2, 0.25) is 0 Å². The zero-order valence-corrected chi connectivity index (χ0v) is 10.5. The Hall–Kier alpha value is -2.34. The summed E-state index contributed by atoms with van der Waals surface area (Å²) in [7, 11) is 3.15. The number of methoxy groups -OCH3 is 2. The Morgan fingerprint density at radius 3 is 2.74 bits per heavy atom. The van der Waals surface area contributed by atoms with E-state index in [0.717, 1.165) is 11.1 Å². The number of aromatic carboxylic acids is 1. The summed E-state index contributed by atoms with van der Waals surface area (Å²) < 4.78 is 15.0. The first kappa shape index (κ1) is 13.1. The van der Waals surface area contributed by atoms with E-state index in [1.54, 1.807) is 26.4 Å². The molecule has 6 heteroatoms. The molecule has 0 saturated carbocycles. The largest absolute Gasteiger partial charge is 0.497 e. The van der Waals surface area contributed by atoms with Crippen LogP contribution in [0.3, 0.4) is 0 Å². The van der Waals surface area contributed by atoms with Crippen LogP contribution in [-0.2, 0) is 11.3 Å². The van der Waals surface area contributed by atoms with Crippen molar-refractivity contribution in [3.63, 3.8) is 0 Å². The zero-order valence-electron chi connectivity index (χ0n) is 10.5. The third kappa shape index (κ3) is 2.74. The summed E-state index contributed by atoms with van der Waals surface area (Å²) in [6, 6.07) is 6.75. The lowest BCUT2D eigenvalue weighted by atomic mass is 10.0. The lowest BCUT2D eigenvalue weighted by Gasteiger charge is -2.08. The van der Waals surface area contributed by atoms with E-state index in [9.17, 15) is 4.79 Å². The minimum atomic E-state index is -1.15. The van der Waals surface area contributed by atoms with E-state index in [1.807, 2.05) is 6.07 Å². The lowest BCUT2D eigenvalue weighted by Crippen LogP contribution is -1.94. The van der Waals surface area contributed by atoms with Gasteiger partial charge in [-0.05, 0) is 23.8 Å². The Balaban J connectivity index is 2.44. The summed E-state index contributed by atoms with van der Waals surface area (Å²) in [4.78, 5) is 10.8. The van der Waals surface area contributed by atoms with Gasteiger partial charge in [0, 0.05) is 18.7 Å². The maximum Gasteiger partial charge on any atom is 0.374 e. The Morgan fingerprint density at radius 1 is 1.37 bits per heavy atom. The molecule has 2 aromatic rings. The first-order valence-corrected chi connectivity index (χ1v) is 5.52. The number of nitrogens with zero attached hydrogens (tertiary/aromatic N) is 1. The highest BCUT2D eigenvalue weighted by Gasteiger charge is 2.15. The first-order valence-electron chi connectivity index (χ1n) is 5.52. The van der Waals surface area contributed by atoms with Crippen LogP contribution in [0, 0.1) is 0 Å². The molecule has 0 spiro atoms. The molecular formula is C13H13NO5. The van der Waals surface area contributed by atoms with Crippen LogP contribution in [0.15, 0.2) is 28.8 Å². The van der Waals surface area contributed by atoms with Crippen molar-refractivity contribution < 1.29 is 23.9 Å².